The number of rotatable bonds is 7. The van der Waals surface area contributed by atoms with E-state index in [4.69, 9.17) is 9.16 Å². The maximum atomic E-state index is 11.4. The highest BCUT2D eigenvalue weighted by Crippen LogP contribution is 2.36. The van der Waals surface area contributed by atoms with Crippen LogP contribution in [-0.2, 0) is 9.22 Å². The monoisotopic (exact) mass is 418 g/mol. The second kappa shape index (κ2) is 9.13. The first-order chi connectivity index (χ1) is 13.4. The van der Waals surface area contributed by atoms with E-state index in [1.807, 2.05) is 32.1 Å². The van der Waals surface area contributed by atoms with Gasteiger partial charge < -0.3 is 14.3 Å². The van der Waals surface area contributed by atoms with Gasteiger partial charge in [0.1, 0.15) is 18.1 Å². The molecule has 6 nitrogen and oxygen atoms in total. The summed E-state index contributed by atoms with van der Waals surface area (Å²) in [6, 6.07) is 3.62. The molecular formula is C22H34N2O4Si. The molecule has 0 saturated heterocycles. The van der Waals surface area contributed by atoms with Crippen LogP contribution in [-0.4, -0.2) is 38.3 Å². The number of carbonyl (C=O) groups excluding carboxylic acids is 1. The van der Waals surface area contributed by atoms with Gasteiger partial charge in [-0.05, 0) is 43.3 Å². The Labute approximate surface area is 175 Å². The lowest BCUT2D eigenvalue weighted by Crippen LogP contribution is -2.40. The molecule has 1 aromatic carbocycles. The molecule has 0 spiro atoms. The lowest BCUT2D eigenvalue weighted by Gasteiger charge is -2.35. The number of nitrogens with one attached hydrogen (secondary N) is 1. The minimum Gasteiger partial charge on any atom is -0.507 e. The lowest BCUT2D eigenvalue weighted by molar-refractivity contribution is -0.121. The predicted octanol–water partition coefficient (Wildman–Crippen LogP) is 4.52. The van der Waals surface area contributed by atoms with E-state index < -0.39 is 8.32 Å². The van der Waals surface area contributed by atoms with Crippen molar-refractivity contribution in [2.45, 2.75) is 59.2 Å². The molecule has 0 fully saturated rings. The third-order valence-electron chi connectivity index (χ3n) is 5.76. The summed E-state index contributed by atoms with van der Waals surface area (Å²) in [7, 11) is -1.74. The van der Waals surface area contributed by atoms with E-state index >= 15 is 0 Å². The molecule has 1 heterocycles. The number of phenols is 1. The van der Waals surface area contributed by atoms with Crippen LogP contribution in [0.2, 0.25) is 18.1 Å². The van der Waals surface area contributed by atoms with Crippen LogP contribution >= 0.6 is 0 Å². The second-order valence-electron chi connectivity index (χ2n) is 9.08. The van der Waals surface area contributed by atoms with Crippen LogP contribution < -0.4 is 10.2 Å². The normalized spacial score (nSPS) is 18.0. The van der Waals surface area contributed by atoms with Crippen LogP contribution in [0.25, 0.3) is 0 Å². The molecule has 1 aromatic rings. The highest BCUT2D eigenvalue weighted by molar-refractivity contribution is 6.74. The van der Waals surface area contributed by atoms with Crippen LogP contribution in [0.4, 0.5) is 0 Å². The van der Waals surface area contributed by atoms with E-state index in [0.717, 1.165) is 0 Å². The molecule has 7 heteroatoms. The fourth-order valence-corrected chi connectivity index (χ4v) is 3.72. The van der Waals surface area contributed by atoms with Crippen LogP contribution in [0.1, 0.15) is 45.2 Å². The second-order valence-corrected chi connectivity index (χ2v) is 13.9. The summed E-state index contributed by atoms with van der Waals surface area (Å²) in [4.78, 5) is 11.4. The van der Waals surface area contributed by atoms with Gasteiger partial charge in [0.15, 0.2) is 8.32 Å². The molecule has 1 aliphatic heterocycles. The average molecular weight is 419 g/mol. The van der Waals surface area contributed by atoms with Crippen molar-refractivity contribution in [3.8, 4) is 11.5 Å². The third kappa shape index (κ3) is 5.70. The first-order valence-corrected chi connectivity index (χ1v) is 13.0. The molecule has 29 heavy (non-hydrogen) atoms. The molecule has 1 amide bonds. The lowest BCUT2D eigenvalue weighted by atomic mass is 9.92. The summed E-state index contributed by atoms with van der Waals surface area (Å²) in [5, 5.41) is 14.9. The smallest absolute Gasteiger partial charge is 0.240 e. The molecule has 0 saturated carbocycles. The fourth-order valence-electron chi connectivity index (χ4n) is 2.77. The largest absolute Gasteiger partial charge is 0.507 e. The summed E-state index contributed by atoms with van der Waals surface area (Å²) in [5.41, 5.74) is 4.44. The van der Waals surface area contributed by atoms with Gasteiger partial charge in [0.25, 0.3) is 0 Å². The van der Waals surface area contributed by atoms with Gasteiger partial charge >= 0.3 is 0 Å². The average Bonchev–Trinajstić information content (AvgIpc) is 2.61. The zero-order chi connectivity index (χ0) is 21.8. The standard InChI is InChI=1S/C22H34N2O4Si/c1-15-14-19(25)23-24-20(15)17-10-11-18(16(2)21(17)26)27-12-8-9-13-28-29(6,7)22(3,4)5/h8-11,15,26H,12-14H2,1-7H3,(H,23,25)/b9-8-. The first kappa shape index (κ1) is 23.2. The summed E-state index contributed by atoms with van der Waals surface area (Å²) >= 11 is 0. The van der Waals surface area contributed by atoms with E-state index in [1.165, 1.54) is 0 Å². The van der Waals surface area contributed by atoms with E-state index in [9.17, 15) is 9.90 Å². The van der Waals surface area contributed by atoms with Crippen molar-refractivity contribution in [2.75, 3.05) is 13.2 Å². The van der Waals surface area contributed by atoms with Crippen molar-refractivity contribution < 1.29 is 19.1 Å². The molecule has 0 aliphatic carbocycles. The highest BCUT2D eigenvalue weighted by atomic mass is 28.4. The van der Waals surface area contributed by atoms with Crippen LogP contribution in [0.3, 0.4) is 0 Å². The minimum atomic E-state index is -1.74. The van der Waals surface area contributed by atoms with Crippen molar-refractivity contribution in [2.24, 2.45) is 11.0 Å². The Kier molecular flexibility index (Phi) is 7.29. The highest BCUT2D eigenvalue weighted by Gasteiger charge is 2.36. The topological polar surface area (TPSA) is 80.2 Å². The molecule has 0 bridgehead atoms. The van der Waals surface area contributed by atoms with Gasteiger partial charge in [-0.2, -0.15) is 5.10 Å². The molecule has 0 aromatic heterocycles. The van der Waals surface area contributed by atoms with E-state index in [0.29, 0.717) is 42.2 Å². The minimum absolute atomic E-state index is 0.0512. The SMILES string of the molecule is Cc1c(OC/C=C\CO[Si](C)(C)C(C)(C)C)ccc(C2=NNC(=O)CC2C)c1O. The van der Waals surface area contributed by atoms with Crippen LogP contribution in [0.15, 0.2) is 29.4 Å². The Morgan fingerprint density at radius 1 is 1.28 bits per heavy atom. The van der Waals surface area contributed by atoms with Gasteiger partial charge in [0, 0.05) is 23.5 Å². The number of aromatic hydroxyl groups is 1. The Morgan fingerprint density at radius 3 is 2.55 bits per heavy atom. The number of amides is 1. The predicted molar refractivity (Wildman–Crippen MR) is 119 cm³/mol. The van der Waals surface area contributed by atoms with E-state index in [1.54, 1.807) is 6.07 Å². The number of phenolic OH excluding ortho intramolecular Hbond substituents is 1. The summed E-state index contributed by atoms with van der Waals surface area (Å²) in [5.74, 6) is 0.593. The van der Waals surface area contributed by atoms with Gasteiger partial charge in [-0.25, -0.2) is 5.43 Å². The maximum absolute atomic E-state index is 11.4. The van der Waals surface area contributed by atoms with Gasteiger partial charge in [0.05, 0.1) is 12.3 Å². The number of ether oxygens (including phenoxy) is 1. The Morgan fingerprint density at radius 2 is 1.93 bits per heavy atom. The Balaban J connectivity index is 1.96. The number of benzene rings is 1. The van der Waals surface area contributed by atoms with Crippen molar-refractivity contribution in [1.29, 1.82) is 0 Å². The molecule has 2 N–H and O–H groups in total. The first-order valence-electron chi connectivity index (χ1n) is 10.0. The molecule has 2 rings (SSSR count). The van der Waals surface area contributed by atoms with Crippen molar-refractivity contribution in [1.82, 2.24) is 5.43 Å². The van der Waals surface area contributed by atoms with E-state index in [-0.39, 0.29) is 22.6 Å². The number of nitrogens with zero attached hydrogens (tertiary/aromatic N) is 1. The molecule has 1 aliphatic rings. The summed E-state index contributed by atoms with van der Waals surface area (Å²) in [6.45, 7) is 15.8. The zero-order valence-electron chi connectivity index (χ0n) is 18.6. The third-order valence-corrected chi connectivity index (χ3v) is 10.3. The number of hydrogen-bond donors (Lipinski definition) is 2. The number of hydrazone groups is 1. The molecule has 1 atom stereocenters. The quantitative estimate of drug-likeness (QED) is 0.504. The van der Waals surface area contributed by atoms with Crippen molar-refractivity contribution in [3.05, 3.63) is 35.4 Å². The molecule has 160 valence electrons. The van der Waals surface area contributed by atoms with Gasteiger partial charge in [-0.3, -0.25) is 4.79 Å². The Hall–Kier alpha value is -2.12. The van der Waals surface area contributed by atoms with Crippen LogP contribution in [0, 0.1) is 12.8 Å². The van der Waals surface area contributed by atoms with Crippen LogP contribution in [0.5, 0.6) is 11.5 Å². The maximum Gasteiger partial charge on any atom is 0.240 e. The van der Waals surface area contributed by atoms with Crippen molar-refractivity contribution >= 4 is 19.9 Å². The number of carbonyl (C=O) groups is 1. The zero-order valence-corrected chi connectivity index (χ0v) is 19.6. The Bertz CT molecular complexity index is 810. The molecule has 0 radical (unpaired) electrons. The van der Waals surface area contributed by atoms with Crippen molar-refractivity contribution in [3.63, 3.8) is 0 Å². The summed E-state index contributed by atoms with van der Waals surface area (Å²) < 4.78 is 11.9. The molecule has 1 unspecified atom stereocenters. The fraction of sp³-hybridized carbons (Fsp3) is 0.545. The number of hydrogen-bond acceptors (Lipinski definition) is 5. The summed E-state index contributed by atoms with van der Waals surface area (Å²) in [6.07, 6.45) is 4.27. The van der Waals surface area contributed by atoms with Gasteiger partial charge in [-0.1, -0.05) is 33.8 Å². The molecular weight excluding hydrogens is 384 g/mol. The van der Waals surface area contributed by atoms with E-state index in [2.05, 4.69) is 44.4 Å². The van der Waals surface area contributed by atoms with Gasteiger partial charge in [0.2, 0.25) is 5.91 Å². The van der Waals surface area contributed by atoms with Gasteiger partial charge in [-0.15, -0.1) is 0 Å².